The summed E-state index contributed by atoms with van der Waals surface area (Å²) in [5.41, 5.74) is 3.00. The number of pyridine rings is 1. The summed E-state index contributed by atoms with van der Waals surface area (Å²) < 4.78 is 1.68. The Bertz CT molecular complexity index is 1070. The van der Waals surface area contributed by atoms with Gasteiger partial charge in [0.25, 0.3) is 5.56 Å². The van der Waals surface area contributed by atoms with Crippen molar-refractivity contribution in [3.8, 4) is 0 Å². The van der Waals surface area contributed by atoms with Gasteiger partial charge < -0.3 is 10.2 Å². The van der Waals surface area contributed by atoms with E-state index in [1.165, 1.54) is 11.1 Å². The van der Waals surface area contributed by atoms with Gasteiger partial charge in [-0.05, 0) is 69.1 Å². The van der Waals surface area contributed by atoms with Crippen LogP contribution in [0.5, 0.6) is 0 Å². The molecule has 8 heteroatoms. The molecule has 31 heavy (non-hydrogen) atoms. The van der Waals surface area contributed by atoms with Crippen LogP contribution in [0.15, 0.2) is 33.9 Å². The second-order valence-electron chi connectivity index (χ2n) is 9.94. The number of amides is 1. The number of fused-ring (bicyclic) bond motifs is 3. The summed E-state index contributed by atoms with van der Waals surface area (Å²) in [6, 6.07) is 2.27. The molecule has 3 aliphatic carbocycles. The Morgan fingerprint density at radius 1 is 1.26 bits per heavy atom. The number of nitrogens with one attached hydrogen (secondary N) is 1. The molecule has 0 saturated heterocycles. The Hall–Kier alpha value is -2.22. The van der Waals surface area contributed by atoms with Gasteiger partial charge in [-0.25, -0.2) is 4.68 Å². The zero-order valence-electron chi connectivity index (χ0n) is 18.1. The lowest BCUT2D eigenvalue weighted by Crippen LogP contribution is -2.58. The minimum absolute atomic E-state index is 0.0721. The van der Waals surface area contributed by atoms with Crippen molar-refractivity contribution in [1.82, 2.24) is 19.7 Å². The number of carbonyl (C=O) groups excluding carboxylic acids is 1. The van der Waals surface area contributed by atoms with Crippen LogP contribution in [0.3, 0.4) is 0 Å². The Labute approximate surface area is 190 Å². The van der Waals surface area contributed by atoms with Crippen molar-refractivity contribution in [3.05, 3.63) is 50.6 Å². The van der Waals surface area contributed by atoms with Crippen molar-refractivity contribution in [1.29, 1.82) is 0 Å². The first-order valence-corrected chi connectivity index (χ1v) is 11.8. The molecule has 1 amide bonds. The molecule has 0 spiro atoms. The Morgan fingerprint density at radius 2 is 2.03 bits per heavy atom. The molecule has 0 radical (unpaired) electrons. The van der Waals surface area contributed by atoms with Crippen molar-refractivity contribution in [2.75, 3.05) is 5.32 Å². The molecule has 6 rings (SSSR count). The van der Waals surface area contributed by atoms with E-state index in [-0.39, 0.29) is 18.0 Å². The fourth-order valence-electron chi connectivity index (χ4n) is 5.84. The number of nitrogens with zero attached hydrogens (tertiary/aromatic N) is 4. The lowest BCUT2D eigenvalue weighted by atomic mass is 9.45. The maximum Gasteiger partial charge on any atom is 0.283 e. The van der Waals surface area contributed by atoms with Gasteiger partial charge in [0.05, 0.1) is 11.9 Å². The minimum Gasteiger partial charge on any atom is -0.380 e. The van der Waals surface area contributed by atoms with Crippen LogP contribution < -0.4 is 10.9 Å². The fourth-order valence-corrected chi connectivity index (χ4v) is 6.26. The van der Waals surface area contributed by atoms with Gasteiger partial charge in [0.15, 0.2) is 0 Å². The van der Waals surface area contributed by atoms with Gasteiger partial charge >= 0.3 is 0 Å². The molecule has 2 aromatic rings. The predicted molar refractivity (Wildman–Crippen MR) is 121 cm³/mol. The monoisotopic (exact) mass is 485 g/mol. The average Bonchev–Trinajstić information content (AvgIpc) is 3.18. The van der Waals surface area contributed by atoms with Crippen LogP contribution in [0, 0.1) is 23.2 Å². The minimum atomic E-state index is -0.286. The molecule has 0 aromatic carbocycles. The largest absolute Gasteiger partial charge is 0.380 e. The van der Waals surface area contributed by atoms with E-state index in [0.29, 0.717) is 46.5 Å². The Balaban J connectivity index is 1.27. The van der Waals surface area contributed by atoms with E-state index < -0.39 is 0 Å². The van der Waals surface area contributed by atoms with Crippen molar-refractivity contribution >= 4 is 27.5 Å². The van der Waals surface area contributed by atoms with Crippen LogP contribution in [-0.4, -0.2) is 31.6 Å². The van der Waals surface area contributed by atoms with E-state index in [9.17, 15) is 9.59 Å². The summed E-state index contributed by atoms with van der Waals surface area (Å²) in [6.07, 6.45) is 7.62. The lowest BCUT2D eigenvalue weighted by molar-refractivity contribution is -0.132. The van der Waals surface area contributed by atoms with Crippen molar-refractivity contribution in [3.63, 3.8) is 0 Å². The quantitative estimate of drug-likeness (QED) is 0.717. The first-order chi connectivity index (χ1) is 14.8. The number of carbonyl (C=O) groups is 1. The number of halogens is 1. The van der Waals surface area contributed by atoms with Gasteiger partial charge in [-0.2, -0.15) is 5.10 Å². The first-order valence-electron chi connectivity index (χ1n) is 11.0. The number of rotatable bonds is 4. The zero-order valence-corrected chi connectivity index (χ0v) is 19.7. The molecular formula is C23H28BrN5O2. The fraction of sp³-hybridized carbons (Fsp3) is 0.565. The summed E-state index contributed by atoms with van der Waals surface area (Å²) in [7, 11) is 0. The van der Waals surface area contributed by atoms with Crippen molar-refractivity contribution < 1.29 is 4.79 Å². The lowest BCUT2D eigenvalue weighted by Gasteiger charge is -2.62. The third-order valence-corrected chi connectivity index (χ3v) is 8.81. The summed E-state index contributed by atoms with van der Waals surface area (Å²) in [4.78, 5) is 31.5. The summed E-state index contributed by atoms with van der Waals surface area (Å²) in [5.74, 6) is 1.87. The van der Waals surface area contributed by atoms with E-state index in [2.05, 4.69) is 52.1 Å². The summed E-state index contributed by atoms with van der Waals surface area (Å²) >= 11 is 3.45. The van der Waals surface area contributed by atoms with Crippen LogP contribution in [-0.2, 0) is 24.4 Å². The van der Waals surface area contributed by atoms with Crippen LogP contribution in [0.1, 0.15) is 44.7 Å². The topological polar surface area (TPSA) is 80.1 Å². The molecule has 7 nitrogen and oxygen atoms in total. The van der Waals surface area contributed by atoms with E-state index in [1.807, 2.05) is 6.07 Å². The van der Waals surface area contributed by atoms with Crippen LogP contribution in [0.25, 0.3) is 0 Å². The van der Waals surface area contributed by atoms with E-state index in [4.69, 9.17) is 0 Å². The van der Waals surface area contributed by atoms with Crippen LogP contribution >= 0.6 is 15.9 Å². The molecular weight excluding hydrogens is 458 g/mol. The standard InChI is InChI=1S/C23H28BrN5O2/c1-13-17-6-16(23(17,2)3)7-18(13)27-19-9-26-29(22(31)21(19)24)12-20(30)28-10-14-4-5-25-8-15(14)11-28/h4-5,8-9,13,16-18,27H,6-7,10-12H2,1-3H3/t13-,16-,17+,18-/m1/s1. The van der Waals surface area contributed by atoms with Crippen LogP contribution in [0.2, 0.25) is 0 Å². The smallest absolute Gasteiger partial charge is 0.283 e. The van der Waals surface area contributed by atoms with E-state index >= 15 is 0 Å². The highest BCUT2D eigenvalue weighted by atomic mass is 79.9. The normalized spacial score (nSPS) is 28.1. The van der Waals surface area contributed by atoms with Gasteiger partial charge in [0.2, 0.25) is 5.91 Å². The van der Waals surface area contributed by atoms with Gasteiger partial charge in [-0.1, -0.05) is 20.8 Å². The van der Waals surface area contributed by atoms with Crippen molar-refractivity contribution in [2.45, 2.75) is 59.3 Å². The van der Waals surface area contributed by atoms with Gasteiger partial charge in [-0.3, -0.25) is 14.6 Å². The Kier molecular flexibility index (Phi) is 4.95. The number of aromatic nitrogens is 3. The molecule has 3 heterocycles. The van der Waals surface area contributed by atoms with Crippen LogP contribution in [0.4, 0.5) is 5.69 Å². The highest BCUT2D eigenvalue weighted by Crippen LogP contribution is 2.61. The number of anilines is 1. The average molecular weight is 486 g/mol. The molecule has 3 saturated carbocycles. The third kappa shape index (κ3) is 3.39. The molecule has 164 valence electrons. The molecule has 4 atom stereocenters. The molecule has 1 aliphatic heterocycles. The molecule has 4 aliphatic rings. The molecule has 3 fully saturated rings. The third-order valence-electron chi connectivity index (χ3n) is 8.04. The van der Waals surface area contributed by atoms with Gasteiger partial charge in [0, 0.05) is 31.5 Å². The van der Waals surface area contributed by atoms with Crippen molar-refractivity contribution in [2.24, 2.45) is 23.2 Å². The summed E-state index contributed by atoms with van der Waals surface area (Å²) in [6.45, 7) is 8.06. The second-order valence-corrected chi connectivity index (χ2v) is 10.7. The van der Waals surface area contributed by atoms with Gasteiger partial charge in [-0.15, -0.1) is 0 Å². The molecule has 1 N–H and O–H groups in total. The summed E-state index contributed by atoms with van der Waals surface area (Å²) in [5, 5.41) is 7.86. The highest BCUT2D eigenvalue weighted by molar-refractivity contribution is 9.10. The number of hydrogen-bond donors (Lipinski definition) is 1. The highest BCUT2D eigenvalue weighted by Gasteiger charge is 2.56. The predicted octanol–water partition coefficient (Wildman–Crippen LogP) is 3.43. The number of hydrogen-bond acceptors (Lipinski definition) is 5. The molecule has 2 aromatic heterocycles. The maximum atomic E-state index is 12.9. The Morgan fingerprint density at radius 3 is 2.74 bits per heavy atom. The maximum absolute atomic E-state index is 12.9. The molecule has 0 unspecified atom stereocenters. The second kappa shape index (κ2) is 7.43. The molecule has 2 bridgehead atoms. The van der Waals surface area contributed by atoms with E-state index in [0.717, 1.165) is 23.5 Å². The first kappa shape index (κ1) is 20.7. The SMILES string of the molecule is C[C@H]1[C@H](Nc2cnn(CC(=O)N3Cc4ccncc4C3)c(=O)c2Br)C[C@H]2C[C@@H]1C2(C)C. The van der Waals surface area contributed by atoms with E-state index in [1.54, 1.807) is 23.5 Å². The zero-order chi connectivity index (χ0) is 21.9. The van der Waals surface area contributed by atoms with Gasteiger partial charge in [0.1, 0.15) is 11.0 Å².